The molecule has 0 aromatic carbocycles. The highest BCUT2D eigenvalue weighted by atomic mass is 127. The van der Waals surface area contributed by atoms with E-state index in [0.29, 0.717) is 24.4 Å². The summed E-state index contributed by atoms with van der Waals surface area (Å²) in [5, 5.41) is 9.87. The maximum Gasteiger partial charge on any atom is 0.220 e. The van der Waals surface area contributed by atoms with E-state index in [4.69, 9.17) is 0 Å². The van der Waals surface area contributed by atoms with Gasteiger partial charge in [0.25, 0.3) is 0 Å². The van der Waals surface area contributed by atoms with Gasteiger partial charge in [0.15, 0.2) is 5.96 Å². The van der Waals surface area contributed by atoms with E-state index in [1.165, 1.54) is 38.8 Å². The molecular formula is C20H40IN5O. The lowest BCUT2D eigenvalue weighted by atomic mass is 10.0. The van der Waals surface area contributed by atoms with E-state index >= 15 is 0 Å². The molecule has 1 atom stereocenters. The molecule has 158 valence electrons. The van der Waals surface area contributed by atoms with Crippen molar-refractivity contribution >= 4 is 35.8 Å². The summed E-state index contributed by atoms with van der Waals surface area (Å²) in [6.45, 7) is 8.74. The molecule has 0 bridgehead atoms. The van der Waals surface area contributed by atoms with Crippen LogP contribution in [0.15, 0.2) is 4.99 Å². The summed E-state index contributed by atoms with van der Waals surface area (Å²) in [5.74, 6) is 1.64. The predicted octanol–water partition coefficient (Wildman–Crippen LogP) is 2.73. The number of nitrogens with one attached hydrogen (secondary N) is 3. The van der Waals surface area contributed by atoms with Gasteiger partial charge in [-0.25, -0.2) is 0 Å². The van der Waals surface area contributed by atoms with Gasteiger partial charge in [-0.15, -0.1) is 24.0 Å². The Morgan fingerprint density at radius 3 is 2.33 bits per heavy atom. The molecule has 0 aromatic heterocycles. The van der Waals surface area contributed by atoms with Gasteiger partial charge in [-0.1, -0.05) is 26.7 Å². The van der Waals surface area contributed by atoms with Crippen LogP contribution in [0.4, 0.5) is 0 Å². The number of hydrogen-bond acceptors (Lipinski definition) is 3. The summed E-state index contributed by atoms with van der Waals surface area (Å²) in [4.78, 5) is 18.7. The van der Waals surface area contributed by atoms with E-state index in [9.17, 15) is 4.79 Å². The van der Waals surface area contributed by atoms with Gasteiger partial charge in [0.2, 0.25) is 5.91 Å². The van der Waals surface area contributed by atoms with E-state index in [1.807, 2.05) is 7.05 Å². The minimum Gasteiger partial charge on any atom is -0.356 e. The molecule has 1 aliphatic carbocycles. The molecule has 1 aliphatic heterocycles. The fraction of sp³-hybridized carbons (Fsp3) is 0.900. The Balaban J connectivity index is 0.00000364. The molecular weight excluding hydrogens is 453 g/mol. The molecule has 1 unspecified atom stereocenters. The minimum atomic E-state index is 0. The van der Waals surface area contributed by atoms with Crippen molar-refractivity contribution in [2.24, 2.45) is 10.9 Å². The number of likely N-dealkylation sites (tertiary alicyclic amines) is 1. The molecule has 0 radical (unpaired) electrons. The summed E-state index contributed by atoms with van der Waals surface area (Å²) >= 11 is 0. The van der Waals surface area contributed by atoms with Crippen LogP contribution in [0.2, 0.25) is 0 Å². The van der Waals surface area contributed by atoms with Gasteiger partial charge in [-0.3, -0.25) is 14.7 Å². The third-order valence-electron chi connectivity index (χ3n) is 5.40. The number of nitrogens with zero attached hydrogens (tertiary/aromatic N) is 2. The molecule has 0 aromatic rings. The average molecular weight is 493 g/mol. The molecule has 7 heteroatoms. The molecule has 1 heterocycles. The van der Waals surface area contributed by atoms with E-state index < -0.39 is 0 Å². The standard InChI is InChI=1S/C20H39N5O.HI/c1-16(2)18(25-13-6-4-5-7-14-25)15-23-20(21-3)22-12-8-9-19(26)24-17-10-11-17;/h16-18H,4-15H2,1-3H3,(H,24,26)(H2,21,22,23);1H. The monoisotopic (exact) mass is 493 g/mol. The van der Waals surface area contributed by atoms with Gasteiger partial charge in [0.1, 0.15) is 0 Å². The molecule has 0 spiro atoms. The maximum absolute atomic E-state index is 11.7. The van der Waals surface area contributed by atoms with Crippen LogP contribution in [-0.2, 0) is 4.79 Å². The van der Waals surface area contributed by atoms with Crippen LogP contribution < -0.4 is 16.0 Å². The maximum atomic E-state index is 11.7. The van der Waals surface area contributed by atoms with Gasteiger partial charge in [-0.2, -0.15) is 0 Å². The van der Waals surface area contributed by atoms with Crippen molar-refractivity contribution in [3.05, 3.63) is 0 Å². The van der Waals surface area contributed by atoms with Gasteiger partial charge in [-0.05, 0) is 51.1 Å². The predicted molar refractivity (Wildman–Crippen MR) is 124 cm³/mol. The fourth-order valence-corrected chi connectivity index (χ4v) is 3.62. The topological polar surface area (TPSA) is 68.8 Å². The summed E-state index contributed by atoms with van der Waals surface area (Å²) in [6, 6.07) is 0.993. The van der Waals surface area contributed by atoms with Crippen LogP contribution in [0, 0.1) is 5.92 Å². The highest BCUT2D eigenvalue weighted by molar-refractivity contribution is 14.0. The lowest BCUT2D eigenvalue weighted by Crippen LogP contribution is -2.49. The highest BCUT2D eigenvalue weighted by Crippen LogP contribution is 2.18. The highest BCUT2D eigenvalue weighted by Gasteiger charge is 2.23. The number of carbonyl (C=O) groups is 1. The molecule has 27 heavy (non-hydrogen) atoms. The first-order chi connectivity index (χ1) is 12.6. The normalized spacial score (nSPS) is 19.8. The number of hydrogen-bond donors (Lipinski definition) is 3. The van der Waals surface area contributed by atoms with Crippen LogP contribution in [0.3, 0.4) is 0 Å². The van der Waals surface area contributed by atoms with Crippen molar-refractivity contribution in [3.8, 4) is 0 Å². The second kappa shape index (κ2) is 13.6. The number of guanidine groups is 1. The Labute approximate surface area is 182 Å². The summed E-state index contributed by atoms with van der Waals surface area (Å²) in [7, 11) is 1.81. The second-order valence-corrected chi connectivity index (χ2v) is 8.09. The number of aliphatic imine (C=N–C) groups is 1. The second-order valence-electron chi connectivity index (χ2n) is 8.09. The zero-order chi connectivity index (χ0) is 18.8. The number of rotatable bonds is 9. The molecule has 1 amide bonds. The van der Waals surface area contributed by atoms with E-state index in [1.54, 1.807) is 0 Å². The van der Waals surface area contributed by atoms with Crippen molar-refractivity contribution in [2.45, 2.75) is 77.3 Å². The number of amides is 1. The zero-order valence-corrected chi connectivity index (χ0v) is 19.8. The number of carbonyl (C=O) groups excluding carboxylic acids is 1. The third-order valence-corrected chi connectivity index (χ3v) is 5.40. The van der Waals surface area contributed by atoms with Gasteiger partial charge < -0.3 is 16.0 Å². The smallest absolute Gasteiger partial charge is 0.220 e. The van der Waals surface area contributed by atoms with E-state index in [-0.39, 0.29) is 29.9 Å². The van der Waals surface area contributed by atoms with Crippen molar-refractivity contribution < 1.29 is 4.79 Å². The van der Waals surface area contributed by atoms with E-state index in [2.05, 4.69) is 39.7 Å². The minimum absolute atomic E-state index is 0. The lowest BCUT2D eigenvalue weighted by molar-refractivity contribution is -0.121. The summed E-state index contributed by atoms with van der Waals surface area (Å²) in [5.41, 5.74) is 0. The largest absolute Gasteiger partial charge is 0.356 e. The Bertz CT molecular complexity index is 446. The quantitative estimate of drug-likeness (QED) is 0.200. The Morgan fingerprint density at radius 1 is 1.11 bits per heavy atom. The molecule has 6 nitrogen and oxygen atoms in total. The average Bonchev–Trinajstić information content (AvgIpc) is 3.44. The summed E-state index contributed by atoms with van der Waals surface area (Å²) < 4.78 is 0. The first-order valence-electron chi connectivity index (χ1n) is 10.6. The first-order valence-corrected chi connectivity index (χ1v) is 10.6. The molecule has 2 fully saturated rings. The molecule has 3 N–H and O–H groups in total. The summed E-state index contributed by atoms with van der Waals surface area (Å²) in [6.07, 6.45) is 9.09. The van der Waals surface area contributed by atoms with Crippen molar-refractivity contribution in [3.63, 3.8) is 0 Å². The zero-order valence-electron chi connectivity index (χ0n) is 17.4. The van der Waals surface area contributed by atoms with Crippen molar-refractivity contribution in [1.82, 2.24) is 20.9 Å². The Hall–Kier alpha value is -0.570. The molecule has 1 saturated heterocycles. The van der Waals surface area contributed by atoms with Crippen LogP contribution in [0.5, 0.6) is 0 Å². The fourth-order valence-electron chi connectivity index (χ4n) is 3.62. The molecule has 1 saturated carbocycles. The van der Waals surface area contributed by atoms with Crippen LogP contribution >= 0.6 is 24.0 Å². The van der Waals surface area contributed by atoms with E-state index in [0.717, 1.165) is 38.3 Å². The lowest BCUT2D eigenvalue weighted by Gasteiger charge is -2.34. The van der Waals surface area contributed by atoms with Crippen molar-refractivity contribution in [2.75, 3.05) is 33.2 Å². The number of halogens is 1. The van der Waals surface area contributed by atoms with Gasteiger partial charge in [0, 0.05) is 38.6 Å². The van der Waals surface area contributed by atoms with Gasteiger partial charge >= 0.3 is 0 Å². The molecule has 2 aliphatic rings. The van der Waals surface area contributed by atoms with Crippen molar-refractivity contribution in [1.29, 1.82) is 0 Å². The third kappa shape index (κ3) is 9.96. The van der Waals surface area contributed by atoms with Crippen LogP contribution in [0.25, 0.3) is 0 Å². The Kier molecular flexibility index (Phi) is 12.3. The van der Waals surface area contributed by atoms with Crippen LogP contribution in [-0.4, -0.2) is 62.1 Å². The first kappa shape index (κ1) is 24.5. The Morgan fingerprint density at radius 2 is 1.78 bits per heavy atom. The molecule has 2 rings (SSSR count). The van der Waals surface area contributed by atoms with Gasteiger partial charge in [0.05, 0.1) is 0 Å². The van der Waals surface area contributed by atoms with Crippen LogP contribution in [0.1, 0.15) is 65.2 Å². The SMILES string of the molecule is CN=C(NCCCC(=O)NC1CC1)NCC(C(C)C)N1CCCCCC1.I.